The highest BCUT2D eigenvalue weighted by Gasteiger charge is 2.20. The number of halogens is 1. The number of carbonyl (C=O) groups excluding carboxylic acids is 2. The van der Waals surface area contributed by atoms with E-state index in [-0.39, 0.29) is 29.8 Å². The van der Waals surface area contributed by atoms with E-state index in [4.69, 9.17) is 5.73 Å². The molecule has 0 saturated carbocycles. The highest BCUT2D eigenvalue weighted by atomic mass is 19.1. The first-order chi connectivity index (χ1) is 12.4. The third-order valence-corrected chi connectivity index (χ3v) is 4.28. The van der Waals surface area contributed by atoms with Crippen molar-refractivity contribution in [3.05, 3.63) is 59.9 Å². The van der Waals surface area contributed by atoms with Crippen molar-refractivity contribution in [2.75, 3.05) is 10.6 Å². The Morgan fingerprint density at radius 1 is 1.12 bits per heavy atom. The molecule has 0 bridgehead atoms. The first-order valence-corrected chi connectivity index (χ1v) is 8.60. The van der Waals surface area contributed by atoms with Crippen LogP contribution >= 0.6 is 0 Å². The summed E-state index contributed by atoms with van der Waals surface area (Å²) in [5, 5.41) is 5.20. The monoisotopic (exact) mass is 357 g/mol. The van der Waals surface area contributed by atoms with Crippen molar-refractivity contribution in [1.82, 2.24) is 0 Å². The topological polar surface area (TPSA) is 84.2 Å². The van der Waals surface area contributed by atoms with E-state index < -0.39 is 11.9 Å². The van der Waals surface area contributed by atoms with Gasteiger partial charge in [-0.1, -0.05) is 50.6 Å². The summed E-state index contributed by atoms with van der Waals surface area (Å²) in [5.74, 6) is -1.22. The van der Waals surface area contributed by atoms with Gasteiger partial charge in [-0.2, -0.15) is 0 Å². The fourth-order valence-electron chi connectivity index (χ4n) is 2.41. The summed E-state index contributed by atoms with van der Waals surface area (Å²) in [6.45, 7) is 3.85. The van der Waals surface area contributed by atoms with Gasteiger partial charge in [0.25, 0.3) is 0 Å². The van der Waals surface area contributed by atoms with Crippen LogP contribution in [0, 0.1) is 11.7 Å². The molecule has 0 spiro atoms. The van der Waals surface area contributed by atoms with E-state index in [2.05, 4.69) is 10.6 Å². The van der Waals surface area contributed by atoms with Crippen molar-refractivity contribution in [3.63, 3.8) is 0 Å². The smallest absolute Gasteiger partial charge is 0.241 e. The van der Waals surface area contributed by atoms with Gasteiger partial charge in [0.2, 0.25) is 11.8 Å². The minimum absolute atomic E-state index is 0.0147. The lowest BCUT2D eigenvalue weighted by atomic mass is 9.99. The van der Waals surface area contributed by atoms with Gasteiger partial charge in [-0.05, 0) is 29.7 Å². The normalized spacial score (nSPS) is 12.9. The van der Waals surface area contributed by atoms with Gasteiger partial charge in [0.1, 0.15) is 5.82 Å². The molecule has 2 atom stereocenters. The molecule has 0 aliphatic heterocycles. The number of nitrogens with one attached hydrogen (secondary N) is 2. The van der Waals surface area contributed by atoms with Crippen LogP contribution in [0.2, 0.25) is 0 Å². The molecule has 0 aliphatic carbocycles. The number of carbonyl (C=O) groups is 2. The number of rotatable bonds is 7. The summed E-state index contributed by atoms with van der Waals surface area (Å²) < 4.78 is 14.0. The molecular formula is C20H24FN3O2. The largest absolute Gasteiger partial charge is 0.325 e. The van der Waals surface area contributed by atoms with Gasteiger partial charge in [-0.15, -0.1) is 0 Å². The van der Waals surface area contributed by atoms with Crippen LogP contribution in [0.3, 0.4) is 0 Å². The van der Waals surface area contributed by atoms with Crippen LogP contribution in [0.25, 0.3) is 0 Å². The van der Waals surface area contributed by atoms with E-state index in [1.54, 1.807) is 0 Å². The Kier molecular flexibility index (Phi) is 6.86. The van der Waals surface area contributed by atoms with Gasteiger partial charge in [-0.3, -0.25) is 9.59 Å². The summed E-state index contributed by atoms with van der Waals surface area (Å²) in [5.41, 5.74) is 7.12. The second-order valence-electron chi connectivity index (χ2n) is 6.31. The lowest BCUT2D eigenvalue weighted by Gasteiger charge is -2.18. The molecule has 5 nitrogen and oxygen atoms in total. The molecule has 26 heavy (non-hydrogen) atoms. The third kappa shape index (κ3) is 5.39. The zero-order valence-electron chi connectivity index (χ0n) is 15.0. The van der Waals surface area contributed by atoms with Crippen LogP contribution in [0.5, 0.6) is 0 Å². The van der Waals surface area contributed by atoms with Crippen molar-refractivity contribution in [1.29, 1.82) is 0 Å². The Balaban J connectivity index is 2.04. The SMILES string of the molecule is CCC(C)C(N)C(=O)Nc1ccc(F)c(NC(=O)Cc2ccccc2)c1. The van der Waals surface area contributed by atoms with Crippen LogP contribution < -0.4 is 16.4 Å². The van der Waals surface area contributed by atoms with E-state index in [9.17, 15) is 14.0 Å². The Bertz CT molecular complexity index is 765. The van der Waals surface area contributed by atoms with Crippen molar-refractivity contribution < 1.29 is 14.0 Å². The minimum atomic E-state index is -0.652. The third-order valence-electron chi connectivity index (χ3n) is 4.28. The van der Waals surface area contributed by atoms with Crippen molar-refractivity contribution >= 4 is 23.2 Å². The van der Waals surface area contributed by atoms with E-state index in [1.807, 2.05) is 44.2 Å². The van der Waals surface area contributed by atoms with E-state index in [0.717, 1.165) is 12.0 Å². The maximum atomic E-state index is 14.0. The Hall–Kier alpha value is -2.73. The van der Waals surface area contributed by atoms with Gasteiger partial charge >= 0.3 is 0 Å². The highest BCUT2D eigenvalue weighted by molar-refractivity contribution is 5.97. The summed E-state index contributed by atoms with van der Waals surface area (Å²) in [6.07, 6.45) is 0.911. The number of benzene rings is 2. The average Bonchev–Trinajstić information content (AvgIpc) is 2.63. The maximum Gasteiger partial charge on any atom is 0.241 e. The molecule has 6 heteroatoms. The maximum absolute atomic E-state index is 14.0. The van der Waals surface area contributed by atoms with Crippen LogP contribution in [-0.4, -0.2) is 17.9 Å². The molecule has 0 saturated heterocycles. The number of hydrogen-bond acceptors (Lipinski definition) is 3. The minimum Gasteiger partial charge on any atom is -0.325 e. The van der Waals surface area contributed by atoms with Crippen molar-refractivity contribution in [3.8, 4) is 0 Å². The van der Waals surface area contributed by atoms with E-state index >= 15 is 0 Å². The van der Waals surface area contributed by atoms with Gasteiger partial charge in [-0.25, -0.2) is 4.39 Å². The van der Waals surface area contributed by atoms with Gasteiger partial charge < -0.3 is 16.4 Å². The Morgan fingerprint density at radius 2 is 1.81 bits per heavy atom. The van der Waals surface area contributed by atoms with Crippen LogP contribution in [0.4, 0.5) is 15.8 Å². The molecule has 0 radical (unpaired) electrons. The highest BCUT2D eigenvalue weighted by Crippen LogP contribution is 2.20. The molecule has 2 rings (SSSR count). The first-order valence-electron chi connectivity index (χ1n) is 8.60. The molecule has 2 aromatic rings. The van der Waals surface area contributed by atoms with Gasteiger partial charge in [0.15, 0.2) is 0 Å². The van der Waals surface area contributed by atoms with E-state index in [0.29, 0.717) is 5.69 Å². The Labute approximate surface area is 152 Å². The molecule has 2 unspecified atom stereocenters. The summed E-state index contributed by atoms with van der Waals surface area (Å²) >= 11 is 0. The first kappa shape index (κ1) is 19.6. The standard InChI is InChI=1S/C20H24FN3O2/c1-3-13(2)19(22)20(26)23-15-9-10-16(21)17(12-15)24-18(25)11-14-7-5-4-6-8-14/h4-10,12-13,19H,3,11,22H2,1-2H3,(H,23,26)(H,24,25). The number of anilines is 2. The predicted molar refractivity (Wildman–Crippen MR) is 101 cm³/mol. The fourth-order valence-corrected chi connectivity index (χ4v) is 2.41. The molecule has 0 aliphatic rings. The summed E-state index contributed by atoms with van der Waals surface area (Å²) in [7, 11) is 0. The lowest BCUT2D eigenvalue weighted by Crippen LogP contribution is -2.40. The van der Waals surface area contributed by atoms with Crippen LogP contribution in [0.1, 0.15) is 25.8 Å². The molecule has 0 heterocycles. The predicted octanol–water partition coefficient (Wildman–Crippen LogP) is 3.32. The molecule has 2 amide bonds. The molecule has 0 aromatic heterocycles. The molecular weight excluding hydrogens is 333 g/mol. The molecule has 138 valence electrons. The van der Waals surface area contributed by atoms with Crippen LogP contribution in [0.15, 0.2) is 48.5 Å². The lowest BCUT2D eigenvalue weighted by molar-refractivity contribution is -0.118. The average molecular weight is 357 g/mol. The van der Waals surface area contributed by atoms with Gasteiger partial charge in [0.05, 0.1) is 18.2 Å². The summed E-state index contributed by atoms with van der Waals surface area (Å²) in [4.78, 5) is 24.3. The fraction of sp³-hybridized carbons (Fsp3) is 0.300. The zero-order valence-corrected chi connectivity index (χ0v) is 15.0. The van der Waals surface area contributed by atoms with Crippen molar-refractivity contribution in [2.45, 2.75) is 32.7 Å². The molecule has 2 aromatic carbocycles. The molecule has 4 N–H and O–H groups in total. The molecule has 0 fully saturated rings. The zero-order chi connectivity index (χ0) is 19.1. The van der Waals surface area contributed by atoms with Gasteiger partial charge in [0, 0.05) is 5.69 Å². The van der Waals surface area contributed by atoms with Crippen LogP contribution in [-0.2, 0) is 16.0 Å². The quantitative estimate of drug-likeness (QED) is 0.711. The Morgan fingerprint density at radius 3 is 2.46 bits per heavy atom. The second-order valence-corrected chi connectivity index (χ2v) is 6.31. The number of nitrogens with two attached hydrogens (primary N) is 1. The number of hydrogen-bond donors (Lipinski definition) is 3. The second kappa shape index (κ2) is 9.10. The van der Waals surface area contributed by atoms with Crippen molar-refractivity contribution in [2.24, 2.45) is 11.7 Å². The summed E-state index contributed by atoms with van der Waals surface area (Å²) in [6, 6.07) is 12.5. The number of amides is 2. The van der Waals surface area contributed by atoms with E-state index in [1.165, 1.54) is 18.2 Å².